The van der Waals surface area contributed by atoms with Crippen LogP contribution in [0.5, 0.6) is 17.2 Å². The third-order valence-electron chi connectivity index (χ3n) is 2.56. The molecule has 0 unspecified atom stereocenters. The number of para-hydroxylation sites is 2. The van der Waals surface area contributed by atoms with Gasteiger partial charge in [0, 0.05) is 6.07 Å². The van der Waals surface area contributed by atoms with Gasteiger partial charge in [0.15, 0.2) is 17.2 Å². The molecule has 0 heterocycles. The molecule has 0 aromatic heterocycles. The zero-order valence-corrected chi connectivity index (χ0v) is 12.2. The molecule has 2 aromatic carbocycles. The van der Waals surface area contributed by atoms with E-state index < -0.39 is 14.9 Å². The molecular weight excluding hydrogens is 312 g/mol. The maximum absolute atomic E-state index is 11.3. The molecule has 0 amide bonds. The van der Waals surface area contributed by atoms with Crippen molar-refractivity contribution in [2.24, 2.45) is 0 Å². The van der Waals surface area contributed by atoms with Gasteiger partial charge in [-0.15, -0.1) is 0 Å². The van der Waals surface area contributed by atoms with Gasteiger partial charge in [-0.25, -0.2) is 8.42 Å². The predicted octanol–water partition coefficient (Wildman–Crippen LogP) is 2.46. The van der Waals surface area contributed by atoms with E-state index in [-0.39, 0.29) is 28.6 Å². The highest BCUT2D eigenvalue weighted by molar-refractivity contribution is 7.92. The van der Waals surface area contributed by atoms with Crippen LogP contribution in [0.2, 0.25) is 0 Å². The summed E-state index contributed by atoms with van der Waals surface area (Å²) in [5, 5.41) is 20.5. The average Bonchev–Trinajstić information content (AvgIpc) is 2.41. The summed E-state index contributed by atoms with van der Waals surface area (Å²) in [5.41, 5.74) is -0.249. The molecule has 8 nitrogen and oxygen atoms in total. The lowest BCUT2D eigenvalue weighted by Gasteiger charge is -2.12. The molecule has 2 rings (SSSR count). The van der Waals surface area contributed by atoms with Gasteiger partial charge in [0.05, 0.1) is 22.9 Å². The Balaban J connectivity index is 2.48. The second-order valence-corrected chi connectivity index (χ2v) is 6.13. The lowest BCUT2D eigenvalue weighted by molar-refractivity contribution is -0.384. The first-order chi connectivity index (χ1) is 10.3. The SMILES string of the molecule is CS(=O)(=O)Nc1ccc([N+](=O)[O-])cc1Oc1ccccc1O. The van der Waals surface area contributed by atoms with Crippen molar-refractivity contribution in [3.05, 3.63) is 52.6 Å². The second kappa shape index (κ2) is 5.90. The number of aromatic hydroxyl groups is 1. The average molecular weight is 324 g/mol. The van der Waals surface area contributed by atoms with E-state index in [1.54, 1.807) is 12.1 Å². The molecule has 0 fully saturated rings. The fourth-order valence-electron chi connectivity index (χ4n) is 1.66. The summed E-state index contributed by atoms with van der Waals surface area (Å²) in [6.45, 7) is 0. The van der Waals surface area contributed by atoms with E-state index >= 15 is 0 Å². The molecule has 0 atom stereocenters. The molecule has 116 valence electrons. The van der Waals surface area contributed by atoms with Crippen LogP contribution in [0.15, 0.2) is 42.5 Å². The van der Waals surface area contributed by atoms with Gasteiger partial charge in [-0.05, 0) is 18.2 Å². The Hall–Kier alpha value is -2.81. The minimum absolute atomic E-state index is 0.0244. The first-order valence-electron chi connectivity index (χ1n) is 5.98. The number of phenolic OH excluding ortho intramolecular Hbond substituents is 1. The summed E-state index contributed by atoms with van der Waals surface area (Å²) in [5.74, 6) is -0.236. The lowest BCUT2D eigenvalue weighted by atomic mass is 10.2. The van der Waals surface area contributed by atoms with Crippen LogP contribution in [0.1, 0.15) is 0 Å². The molecule has 22 heavy (non-hydrogen) atoms. The maximum atomic E-state index is 11.3. The van der Waals surface area contributed by atoms with E-state index in [0.717, 1.165) is 18.4 Å². The smallest absolute Gasteiger partial charge is 0.273 e. The number of nitro benzene ring substituents is 1. The van der Waals surface area contributed by atoms with Gasteiger partial charge < -0.3 is 9.84 Å². The van der Waals surface area contributed by atoms with Gasteiger partial charge in [-0.1, -0.05) is 12.1 Å². The Labute approximate surface area is 126 Å². The molecule has 0 aliphatic carbocycles. The number of nitrogens with zero attached hydrogens (tertiary/aromatic N) is 1. The van der Waals surface area contributed by atoms with Gasteiger partial charge in [-0.3, -0.25) is 14.8 Å². The third kappa shape index (κ3) is 3.85. The molecule has 0 spiro atoms. The van der Waals surface area contributed by atoms with E-state index in [9.17, 15) is 23.6 Å². The van der Waals surface area contributed by atoms with Crippen LogP contribution in [0, 0.1) is 10.1 Å². The quantitative estimate of drug-likeness (QED) is 0.644. The van der Waals surface area contributed by atoms with Gasteiger partial charge in [0.1, 0.15) is 0 Å². The number of benzene rings is 2. The minimum Gasteiger partial charge on any atom is -0.504 e. The van der Waals surface area contributed by atoms with Gasteiger partial charge >= 0.3 is 0 Å². The summed E-state index contributed by atoms with van der Waals surface area (Å²) < 4.78 is 30.3. The summed E-state index contributed by atoms with van der Waals surface area (Å²) in [4.78, 5) is 10.2. The normalized spacial score (nSPS) is 11.0. The van der Waals surface area contributed by atoms with E-state index in [1.807, 2.05) is 0 Å². The summed E-state index contributed by atoms with van der Waals surface area (Å²) in [6.07, 6.45) is 0.943. The zero-order chi connectivity index (χ0) is 16.3. The lowest BCUT2D eigenvalue weighted by Crippen LogP contribution is -2.10. The number of hydrogen-bond donors (Lipinski definition) is 2. The van der Waals surface area contributed by atoms with Crippen molar-refractivity contribution >= 4 is 21.4 Å². The zero-order valence-electron chi connectivity index (χ0n) is 11.4. The Kier molecular flexibility index (Phi) is 4.18. The van der Waals surface area contributed by atoms with Crippen LogP contribution in [0.25, 0.3) is 0 Å². The molecule has 0 radical (unpaired) electrons. The molecule has 0 aliphatic heterocycles. The number of phenols is 1. The van der Waals surface area contributed by atoms with Crippen LogP contribution in [0.3, 0.4) is 0 Å². The molecule has 2 N–H and O–H groups in total. The van der Waals surface area contributed by atoms with Gasteiger partial charge in [-0.2, -0.15) is 0 Å². The van der Waals surface area contributed by atoms with Crippen molar-refractivity contribution in [2.45, 2.75) is 0 Å². The van der Waals surface area contributed by atoms with Crippen LogP contribution in [0.4, 0.5) is 11.4 Å². The third-order valence-corrected chi connectivity index (χ3v) is 3.15. The van der Waals surface area contributed by atoms with Crippen molar-refractivity contribution < 1.29 is 23.2 Å². The number of rotatable bonds is 5. The maximum Gasteiger partial charge on any atom is 0.273 e. The van der Waals surface area contributed by atoms with E-state index in [0.29, 0.717) is 0 Å². The van der Waals surface area contributed by atoms with Crippen molar-refractivity contribution in [1.29, 1.82) is 0 Å². The summed E-state index contributed by atoms with van der Waals surface area (Å²) in [7, 11) is -3.60. The first kappa shape index (κ1) is 15.6. The van der Waals surface area contributed by atoms with E-state index in [4.69, 9.17) is 4.74 Å². The fourth-order valence-corrected chi connectivity index (χ4v) is 2.22. The Bertz CT molecular complexity index is 819. The topological polar surface area (TPSA) is 119 Å². The van der Waals surface area contributed by atoms with Gasteiger partial charge in [0.25, 0.3) is 5.69 Å². The summed E-state index contributed by atoms with van der Waals surface area (Å²) >= 11 is 0. The number of non-ortho nitro benzene ring substituents is 1. The molecule has 0 bridgehead atoms. The molecular formula is C13H12N2O6S. The number of anilines is 1. The van der Waals surface area contributed by atoms with Crippen LogP contribution < -0.4 is 9.46 Å². The molecule has 9 heteroatoms. The van der Waals surface area contributed by atoms with Crippen molar-refractivity contribution in [3.63, 3.8) is 0 Å². The Morgan fingerprint density at radius 2 is 1.86 bits per heavy atom. The number of hydrogen-bond acceptors (Lipinski definition) is 6. The van der Waals surface area contributed by atoms with Gasteiger partial charge in [0.2, 0.25) is 10.0 Å². The minimum atomic E-state index is -3.60. The van der Waals surface area contributed by atoms with Crippen LogP contribution in [-0.4, -0.2) is 24.7 Å². The number of nitrogens with one attached hydrogen (secondary N) is 1. The van der Waals surface area contributed by atoms with E-state index in [1.165, 1.54) is 18.2 Å². The van der Waals surface area contributed by atoms with Crippen LogP contribution >= 0.6 is 0 Å². The van der Waals surface area contributed by atoms with E-state index in [2.05, 4.69) is 4.72 Å². The highest BCUT2D eigenvalue weighted by atomic mass is 32.2. The molecule has 2 aromatic rings. The molecule has 0 aliphatic rings. The highest BCUT2D eigenvalue weighted by Crippen LogP contribution is 2.36. The second-order valence-electron chi connectivity index (χ2n) is 4.38. The number of ether oxygens (including phenoxy) is 1. The van der Waals surface area contributed by atoms with Crippen molar-refractivity contribution in [1.82, 2.24) is 0 Å². The standard InChI is InChI=1S/C13H12N2O6S/c1-22(19,20)14-10-7-6-9(15(17)18)8-13(10)21-12-5-3-2-4-11(12)16/h2-8,14,16H,1H3. The number of sulfonamides is 1. The highest BCUT2D eigenvalue weighted by Gasteiger charge is 2.16. The Morgan fingerprint density at radius 3 is 2.45 bits per heavy atom. The predicted molar refractivity (Wildman–Crippen MR) is 79.7 cm³/mol. The fraction of sp³-hybridized carbons (Fsp3) is 0.0769. The number of nitro groups is 1. The monoisotopic (exact) mass is 324 g/mol. The first-order valence-corrected chi connectivity index (χ1v) is 7.87. The summed E-state index contributed by atoms with van der Waals surface area (Å²) in [6, 6.07) is 9.41. The molecule has 0 saturated carbocycles. The molecule has 0 saturated heterocycles. The Morgan fingerprint density at radius 1 is 1.18 bits per heavy atom. The largest absolute Gasteiger partial charge is 0.504 e. The van der Waals surface area contributed by atoms with Crippen molar-refractivity contribution in [2.75, 3.05) is 11.0 Å². The van der Waals surface area contributed by atoms with Crippen LogP contribution in [-0.2, 0) is 10.0 Å². The van der Waals surface area contributed by atoms with Crippen molar-refractivity contribution in [3.8, 4) is 17.2 Å².